The van der Waals surface area contributed by atoms with Gasteiger partial charge in [0.2, 0.25) is 0 Å². The largest absolute Gasteiger partial charge is 0.348 e. The molecule has 3 aromatic rings. The van der Waals surface area contributed by atoms with E-state index in [1.54, 1.807) is 22.2 Å². The number of benzene rings is 1. The van der Waals surface area contributed by atoms with Gasteiger partial charge < -0.3 is 5.32 Å². The van der Waals surface area contributed by atoms with Gasteiger partial charge in [-0.1, -0.05) is 18.2 Å². The van der Waals surface area contributed by atoms with E-state index in [1.165, 1.54) is 0 Å². The van der Waals surface area contributed by atoms with Gasteiger partial charge in [0.25, 0.3) is 5.91 Å². The first-order valence-corrected chi connectivity index (χ1v) is 8.29. The van der Waals surface area contributed by atoms with Crippen molar-refractivity contribution in [1.82, 2.24) is 15.1 Å². The summed E-state index contributed by atoms with van der Waals surface area (Å²) in [6.07, 6.45) is 3.69. The maximum Gasteiger partial charge on any atom is 0.252 e. The zero-order valence-corrected chi connectivity index (χ0v) is 14.0. The lowest BCUT2D eigenvalue weighted by molar-refractivity contribution is 0.0951. The van der Waals surface area contributed by atoms with Crippen LogP contribution in [-0.2, 0) is 6.54 Å². The molecule has 0 saturated carbocycles. The average Bonchev–Trinajstić information content (AvgIpc) is 3.15. The minimum atomic E-state index is -0.0540. The summed E-state index contributed by atoms with van der Waals surface area (Å²) in [4.78, 5) is 12.0. The molecule has 0 fully saturated rings. The zero-order valence-electron chi connectivity index (χ0n) is 11.0. The first-order valence-electron chi connectivity index (χ1n) is 6.33. The first-order chi connectivity index (χ1) is 10.2. The topological polar surface area (TPSA) is 46.9 Å². The molecule has 0 radical (unpaired) electrons. The highest BCUT2D eigenvalue weighted by molar-refractivity contribution is 14.1. The second kappa shape index (κ2) is 6.40. The SMILES string of the molecule is O=C(NCc1cnn(-c2ccccc2)c1)c1csc(I)c1. The first kappa shape index (κ1) is 14.3. The Hall–Kier alpha value is -1.67. The predicted octanol–water partition coefficient (Wildman–Crippen LogP) is 3.47. The number of carbonyl (C=O) groups excluding carboxylic acids is 1. The summed E-state index contributed by atoms with van der Waals surface area (Å²) in [7, 11) is 0. The van der Waals surface area contributed by atoms with E-state index in [9.17, 15) is 4.79 Å². The molecule has 3 rings (SSSR count). The van der Waals surface area contributed by atoms with E-state index in [2.05, 4.69) is 33.0 Å². The van der Waals surface area contributed by atoms with Crippen molar-refractivity contribution in [1.29, 1.82) is 0 Å². The summed E-state index contributed by atoms with van der Waals surface area (Å²) in [5, 5.41) is 9.08. The fourth-order valence-corrected chi connectivity index (χ4v) is 3.21. The van der Waals surface area contributed by atoms with Gasteiger partial charge in [-0.2, -0.15) is 5.10 Å². The van der Waals surface area contributed by atoms with E-state index >= 15 is 0 Å². The molecule has 21 heavy (non-hydrogen) atoms. The molecule has 0 bridgehead atoms. The number of para-hydroxylation sites is 1. The molecule has 1 amide bonds. The van der Waals surface area contributed by atoms with Gasteiger partial charge in [0, 0.05) is 23.7 Å². The van der Waals surface area contributed by atoms with Crippen LogP contribution in [0.15, 0.2) is 54.2 Å². The monoisotopic (exact) mass is 409 g/mol. The highest BCUT2D eigenvalue weighted by Gasteiger charge is 2.08. The third kappa shape index (κ3) is 3.51. The highest BCUT2D eigenvalue weighted by Crippen LogP contribution is 2.16. The van der Waals surface area contributed by atoms with Crippen LogP contribution < -0.4 is 5.32 Å². The Kier molecular flexibility index (Phi) is 4.35. The third-order valence-corrected chi connectivity index (χ3v) is 4.73. The summed E-state index contributed by atoms with van der Waals surface area (Å²) >= 11 is 3.77. The van der Waals surface area contributed by atoms with E-state index < -0.39 is 0 Å². The number of halogens is 1. The van der Waals surface area contributed by atoms with Crippen LogP contribution in [0.2, 0.25) is 0 Å². The van der Waals surface area contributed by atoms with Crippen molar-refractivity contribution in [2.45, 2.75) is 6.54 Å². The Morgan fingerprint density at radius 1 is 1.33 bits per heavy atom. The van der Waals surface area contributed by atoms with Gasteiger partial charge >= 0.3 is 0 Å². The normalized spacial score (nSPS) is 10.5. The number of rotatable bonds is 4. The van der Waals surface area contributed by atoms with Crippen LogP contribution in [0.3, 0.4) is 0 Å². The third-order valence-electron chi connectivity index (χ3n) is 2.94. The van der Waals surface area contributed by atoms with Crippen LogP contribution in [0.1, 0.15) is 15.9 Å². The number of nitrogens with one attached hydrogen (secondary N) is 1. The maximum atomic E-state index is 12.0. The van der Waals surface area contributed by atoms with Crippen LogP contribution in [-0.4, -0.2) is 15.7 Å². The highest BCUT2D eigenvalue weighted by atomic mass is 127. The minimum Gasteiger partial charge on any atom is -0.348 e. The van der Waals surface area contributed by atoms with Crippen molar-refractivity contribution < 1.29 is 4.79 Å². The molecule has 0 unspecified atom stereocenters. The molecular formula is C15H12IN3OS. The van der Waals surface area contributed by atoms with E-state index in [4.69, 9.17) is 0 Å². The molecular weight excluding hydrogens is 397 g/mol. The van der Waals surface area contributed by atoms with Gasteiger partial charge in [0.15, 0.2) is 0 Å². The van der Waals surface area contributed by atoms with Crippen molar-refractivity contribution in [3.8, 4) is 5.69 Å². The summed E-state index contributed by atoms with van der Waals surface area (Å²) in [5.41, 5.74) is 2.68. The summed E-state index contributed by atoms with van der Waals surface area (Å²) in [6.45, 7) is 0.470. The van der Waals surface area contributed by atoms with Gasteiger partial charge in [-0.25, -0.2) is 4.68 Å². The molecule has 2 aromatic heterocycles. The Morgan fingerprint density at radius 2 is 2.14 bits per heavy atom. The van der Waals surface area contributed by atoms with E-state index in [0.717, 1.165) is 14.1 Å². The molecule has 1 N–H and O–H groups in total. The number of aromatic nitrogens is 2. The van der Waals surface area contributed by atoms with E-state index in [0.29, 0.717) is 12.1 Å². The van der Waals surface area contributed by atoms with Crippen molar-refractivity contribution in [3.63, 3.8) is 0 Å². The van der Waals surface area contributed by atoms with Gasteiger partial charge in [0.05, 0.1) is 20.3 Å². The van der Waals surface area contributed by atoms with Crippen molar-refractivity contribution in [3.05, 3.63) is 68.2 Å². The van der Waals surface area contributed by atoms with E-state index in [1.807, 2.05) is 48.0 Å². The average molecular weight is 409 g/mol. The molecule has 2 heterocycles. The lowest BCUT2D eigenvalue weighted by Crippen LogP contribution is -2.21. The summed E-state index contributed by atoms with van der Waals surface area (Å²) in [5.74, 6) is -0.0540. The van der Waals surface area contributed by atoms with Crippen LogP contribution in [0, 0.1) is 2.88 Å². The number of carbonyl (C=O) groups is 1. The summed E-state index contributed by atoms with van der Waals surface area (Å²) < 4.78 is 2.91. The summed E-state index contributed by atoms with van der Waals surface area (Å²) in [6, 6.07) is 11.8. The standard InChI is InChI=1S/C15H12IN3OS/c16-14-6-12(10-21-14)15(20)17-7-11-8-18-19(9-11)13-4-2-1-3-5-13/h1-6,8-10H,7H2,(H,17,20). The fraction of sp³-hybridized carbons (Fsp3) is 0.0667. The number of hydrogen-bond acceptors (Lipinski definition) is 3. The molecule has 106 valence electrons. The molecule has 6 heteroatoms. The number of nitrogens with zero attached hydrogens (tertiary/aromatic N) is 2. The molecule has 4 nitrogen and oxygen atoms in total. The van der Waals surface area contributed by atoms with Gasteiger partial charge in [0.1, 0.15) is 0 Å². The Morgan fingerprint density at radius 3 is 2.86 bits per heavy atom. The molecule has 0 aliphatic heterocycles. The van der Waals surface area contributed by atoms with Crippen molar-refractivity contribution >= 4 is 39.8 Å². The van der Waals surface area contributed by atoms with Crippen LogP contribution in [0.25, 0.3) is 5.69 Å². The predicted molar refractivity (Wildman–Crippen MR) is 91.8 cm³/mol. The maximum absolute atomic E-state index is 12.0. The smallest absolute Gasteiger partial charge is 0.252 e. The fourth-order valence-electron chi connectivity index (χ4n) is 1.89. The second-order valence-corrected chi connectivity index (χ2v) is 7.26. The Bertz CT molecular complexity index is 751. The van der Waals surface area contributed by atoms with Crippen LogP contribution in [0.4, 0.5) is 0 Å². The van der Waals surface area contributed by atoms with Gasteiger partial charge in [-0.3, -0.25) is 4.79 Å². The second-order valence-electron chi connectivity index (χ2n) is 4.45. The van der Waals surface area contributed by atoms with Crippen molar-refractivity contribution in [2.75, 3.05) is 0 Å². The van der Waals surface area contributed by atoms with Crippen LogP contribution in [0.5, 0.6) is 0 Å². The molecule has 0 spiro atoms. The minimum absolute atomic E-state index is 0.0540. The molecule has 0 saturated heterocycles. The zero-order chi connectivity index (χ0) is 14.7. The van der Waals surface area contributed by atoms with Crippen LogP contribution >= 0.6 is 33.9 Å². The number of thiophene rings is 1. The van der Waals surface area contributed by atoms with E-state index in [-0.39, 0.29) is 5.91 Å². The quantitative estimate of drug-likeness (QED) is 0.671. The molecule has 1 aromatic carbocycles. The Labute approximate surface area is 139 Å². The van der Waals surface area contributed by atoms with Gasteiger partial charge in [-0.05, 0) is 40.8 Å². The number of hydrogen-bond donors (Lipinski definition) is 1. The molecule has 0 aliphatic carbocycles. The van der Waals surface area contributed by atoms with Gasteiger partial charge in [-0.15, -0.1) is 11.3 Å². The molecule has 0 atom stereocenters. The Balaban J connectivity index is 1.64. The number of amides is 1. The molecule has 0 aliphatic rings. The van der Waals surface area contributed by atoms with Crippen molar-refractivity contribution in [2.24, 2.45) is 0 Å². The lowest BCUT2D eigenvalue weighted by Gasteiger charge is -2.01. The lowest BCUT2D eigenvalue weighted by atomic mass is 10.3.